The molecule has 1 N–H and O–H groups in total. The highest BCUT2D eigenvalue weighted by molar-refractivity contribution is 5.92. The molecular weight excluding hydrogens is 243 g/mol. The van der Waals surface area contributed by atoms with Gasteiger partial charge in [-0.25, -0.2) is 4.39 Å². The van der Waals surface area contributed by atoms with Crippen LogP contribution in [0, 0.1) is 5.82 Å². The van der Waals surface area contributed by atoms with Crippen LogP contribution in [0.4, 0.5) is 4.39 Å². The maximum atomic E-state index is 13.6. The summed E-state index contributed by atoms with van der Waals surface area (Å²) in [6.07, 6.45) is 2.97. The minimum atomic E-state index is -0.220. The number of nitrogens with zero attached hydrogens (tertiary/aromatic N) is 1. The van der Waals surface area contributed by atoms with Crippen molar-refractivity contribution in [3.05, 3.63) is 65.2 Å². The number of hydrogen-bond acceptors (Lipinski definition) is 2. The zero-order valence-electron chi connectivity index (χ0n) is 10.3. The van der Waals surface area contributed by atoms with Gasteiger partial charge < -0.3 is 5.32 Å². The Bertz CT molecular complexity index is 613. The van der Waals surface area contributed by atoms with Gasteiger partial charge in [0, 0.05) is 6.20 Å². The predicted octanol–water partition coefficient (Wildman–Crippen LogP) is 2.64. The van der Waals surface area contributed by atoms with Crippen LogP contribution < -0.4 is 5.32 Å². The van der Waals surface area contributed by atoms with E-state index in [0.717, 1.165) is 12.0 Å². The van der Waals surface area contributed by atoms with E-state index in [1.807, 2.05) is 6.07 Å². The Labute approximate surface area is 110 Å². The minimum absolute atomic E-state index is 0.125. The normalized spacial score (nSPS) is 17.0. The first-order chi connectivity index (χ1) is 9.25. The van der Waals surface area contributed by atoms with Gasteiger partial charge in [-0.3, -0.25) is 9.78 Å². The van der Waals surface area contributed by atoms with E-state index < -0.39 is 0 Å². The third-order valence-corrected chi connectivity index (χ3v) is 3.42. The first-order valence-corrected chi connectivity index (χ1v) is 6.25. The van der Waals surface area contributed by atoms with Gasteiger partial charge in [0.05, 0.1) is 6.04 Å². The molecule has 0 bridgehead atoms. The van der Waals surface area contributed by atoms with Crippen LogP contribution in [-0.2, 0) is 6.42 Å². The number of benzene rings is 1. The molecule has 96 valence electrons. The number of amides is 1. The van der Waals surface area contributed by atoms with Gasteiger partial charge >= 0.3 is 0 Å². The number of carbonyl (C=O) groups excluding carboxylic acids is 1. The molecule has 1 aliphatic carbocycles. The van der Waals surface area contributed by atoms with Gasteiger partial charge in [-0.1, -0.05) is 18.2 Å². The molecule has 1 aliphatic rings. The summed E-state index contributed by atoms with van der Waals surface area (Å²) in [4.78, 5) is 16.0. The topological polar surface area (TPSA) is 42.0 Å². The van der Waals surface area contributed by atoms with Crippen molar-refractivity contribution >= 4 is 5.91 Å². The molecule has 3 rings (SSSR count). The Morgan fingerprint density at radius 1 is 1.26 bits per heavy atom. The molecular formula is C15H13FN2O. The van der Waals surface area contributed by atoms with Gasteiger partial charge in [0.1, 0.15) is 11.5 Å². The van der Waals surface area contributed by atoms with Crippen LogP contribution >= 0.6 is 0 Å². The highest BCUT2D eigenvalue weighted by Gasteiger charge is 2.26. The van der Waals surface area contributed by atoms with Crippen molar-refractivity contribution < 1.29 is 9.18 Å². The Kier molecular flexibility index (Phi) is 2.99. The number of fused-ring (bicyclic) bond motifs is 1. The Hall–Kier alpha value is -2.23. The molecule has 1 atom stereocenters. The van der Waals surface area contributed by atoms with E-state index in [-0.39, 0.29) is 17.8 Å². The lowest BCUT2D eigenvalue weighted by atomic mass is 10.1. The number of halogens is 1. The van der Waals surface area contributed by atoms with Crippen molar-refractivity contribution in [3.8, 4) is 0 Å². The fraction of sp³-hybridized carbons (Fsp3) is 0.200. The number of hydrogen-bond donors (Lipinski definition) is 1. The molecule has 0 radical (unpaired) electrons. The molecule has 0 fully saturated rings. The Morgan fingerprint density at radius 2 is 2.16 bits per heavy atom. The second kappa shape index (κ2) is 4.80. The first-order valence-electron chi connectivity index (χ1n) is 6.25. The Morgan fingerprint density at radius 3 is 2.95 bits per heavy atom. The summed E-state index contributed by atoms with van der Waals surface area (Å²) in [5.41, 5.74) is 1.98. The second-order valence-corrected chi connectivity index (χ2v) is 4.59. The van der Waals surface area contributed by atoms with Gasteiger partial charge in [-0.05, 0) is 42.2 Å². The SMILES string of the molecule is O=C(NC1CCc2c(F)cccc21)c1ccccn1. The highest BCUT2D eigenvalue weighted by atomic mass is 19.1. The number of pyridine rings is 1. The molecule has 1 aromatic heterocycles. The molecule has 1 unspecified atom stereocenters. The number of carbonyl (C=O) groups is 1. The first kappa shape index (κ1) is 11.8. The van der Waals surface area contributed by atoms with Crippen molar-refractivity contribution in [3.63, 3.8) is 0 Å². The zero-order valence-corrected chi connectivity index (χ0v) is 10.3. The van der Waals surface area contributed by atoms with E-state index in [0.29, 0.717) is 17.7 Å². The van der Waals surface area contributed by atoms with Crippen LogP contribution in [0.1, 0.15) is 34.1 Å². The largest absolute Gasteiger partial charge is 0.344 e. The smallest absolute Gasteiger partial charge is 0.270 e. The van der Waals surface area contributed by atoms with Gasteiger partial charge in [0.15, 0.2) is 0 Å². The summed E-state index contributed by atoms with van der Waals surface area (Å²) in [7, 11) is 0. The minimum Gasteiger partial charge on any atom is -0.344 e. The van der Waals surface area contributed by atoms with Crippen molar-refractivity contribution in [2.24, 2.45) is 0 Å². The van der Waals surface area contributed by atoms with Crippen LogP contribution in [-0.4, -0.2) is 10.9 Å². The van der Waals surface area contributed by atoms with Crippen molar-refractivity contribution in [1.82, 2.24) is 10.3 Å². The van der Waals surface area contributed by atoms with E-state index in [4.69, 9.17) is 0 Å². The van der Waals surface area contributed by atoms with Crippen LogP contribution in [0.25, 0.3) is 0 Å². The van der Waals surface area contributed by atoms with Crippen LogP contribution in [0.3, 0.4) is 0 Å². The van der Waals surface area contributed by atoms with Gasteiger partial charge in [-0.15, -0.1) is 0 Å². The standard InChI is InChI=1S/C15H13FN2O/c16-12-5-3-4-11-10(12)7-8-13(11)18-15(19)14-6-1-2-9-17-14/h1-6,9,13H,7-8H2,(H,18,19). The molecule has 1 aromatic carbocycles. The highest BCUT2D eigenvalue weighted by Crippen LogP contribution is 2.32. The molecule has 0 saturated heterocycles. The van der Waals surface area contributed by atoms with Gasteiger partial charge in [0.25, 0.3) is 5.91 Å². The zero-order chi connectivity index (χ0) is 13.2. The molecule has 1 heterocycles. The third-order valence-electron chi connectivity index (χ3n) is 3.42. The second-order valence-electron chi connectivity index (χ2n) is 4.59. The van der Waals surface area contributed by atoms with E-state index >= 15 is 0 Å². The van der Waals surface area contributed by atoms with E-state index in [2.05, 4.69) is 10.3 Å². The van der Waals surface area contributed by atoms with Crippen molar-refractivity contribution in [2.75, 3.05) is 0 Å². The van der Waals surface area contributed by atoms with Crippen molar-refractivity contribution in [2.45, 2.75) is 18.9 Å². The molecule has 4 heteroatoms. The number of aromatic nitrogens is 1. The van der Waals surface area contributed by atoms with E-state index in [9.17, 15) is 9.18 Å². The summed E-state index contributed by atoms with van der Waals surface area (Å²) < 4.78 is 13.6. The maximum Gasteiger partial charge on any atom is 0.270 e. The molecule has 3 nitrogen and oxygen atoms in total. The summed E-state index contributed by atoms with van der Waals surface area (Å²) in [5, 5.41) is 2.91. The molecule has 0 aliphatic heterocycles. The summed E-state index contributed by atoms with van der Waals surface area (Å²) >= 11 is 0. The molecule has 2 aromatic rings. The summed E-state index contributed by atoms with van der Waals surface area (Å²) in [6, 6.07) is 10.1. The lowest BCUT2D eigenvalue weighted by Gasteiger charge is -2.13. The molecule has 1 amide bonds. The summed E-state index contributed by atoms with van der Waals surface area (Å²) in [6.45, 7) is 0. The fourth-order valence-electron chi connectivity index (χ4n) is 2.49. The van der Waals surface area contributed by atoms with Crippen LogP contribution in [0.15, 0.2) is 42.6 Å². The fourth-order valence-corrected chi connectivity index (χ4v) is 2.49. The van der Waals surface area contributed by atoms with E-state index in [1.165, 1.54) is 6.07 Å². The third kappa shape index (κ3) is 2.21. The van der Waals surface area contributed by atoms with Gasteiger partial charge in [-0.2, -0.15) is 0 Å². The average molecular weight is 256 g/mol. The number of nitrogens with one attached hydrogen (secondary N) is 1. The molecule has 19 heavy (non-hydrogen) atoms. The Balaban J connectivity index is 1.80. The average Bonchev–Trinajstić information content (AvgIpc) is 2.84. The van der Waals surface area contributed by atoms with Crippen LogP contribution in [0.2, 0.25) is 0 Å². The maximum absolute atomic E-state index is 13.6. The quantitative estimate of drug-likeness (QED) is 0.897. The lowest BCUT2D eigenvalue weighted by molar-refractivity contribution is 0.0931. The molecule has 0 saturated carbocycles. The van der Waals surface area contributed by atoms with E-state index in [1.54, 1.807) is 30.5 Å². The predicted molar refractivity (Wildman–Crippen MR) is 69.2 cm³/mol. The number of rotatable bonds is 2. The molecule has 0 spiro atoms. The van der Waals surface area contributed by atoms with Crippen molar-refractivity contribution in [1.29, 1.82) is 0 Å². The van der Waals surface area contributed by atoms with Crippen LogP contribution in [0.5, 0.6) is 0 Å². The van der Waals surface area contributed by atoms with Gasteiger partial charge in [0.2, 0.25) is 0 Å². The summed E-state index contributed by atoms with van der Waals surface area (Å²) in [5.74, 6) is -0.408. The lowest BCUT2D eigenvalue weighted by Crippen LogP contribution is -2.27. The monoisotopic (exact) mass is 256 g/mol.